The van der Waals surface area contributed by atoms with Gasteiger partial charge in [-0.15, -0.1) is 23.7 Å². The van der Waals surface area contributed by atoms with Crippen molar-refractivity contribution >= 4 is 29.7 Å². The summed E-state index contributed by atoms with van der Waals surface area (Å²) >= 11 is 1.80. The van der Waals surface area contributed by atoms with Gasteiger partial charge in [-0.25, -0.2) is 0 Å². The first-order valence-electron chi connectivity index (χ1n) is 6.52. The number of fused-ring (bicyclic) bond motifs is 1. The molecule has 1 aliphatic heterocycles. The van der Waals surface area contributed by atoms with Crippen LogP contribution in [0.15, 0.2) is 11.4 Å². The number of carbonyl (C=O) groups excluding carboxylic acids is 1. The zero-order valence-electron chi connectivity index (χ0n) is 10.7. The number of hydrogen-bond acceptors (Lipinski definition) is 4. The molecule has 4 nitrogen and oxygen atoms in total. The fourth-order valence-corrected chi connectivity index (χ4v) is 3.63. The Labute approximate surface area is 123 Å². The van der Waals surface area contributed by atoms with Crippen LogP contribution in [0.3, 0.4) is 0 Å². The third-order valence-corrected chi connectivity index (χ3v) is 4.60. The van der Waals surface area contributed by atoms with Crippen molar-refractivity contribution in [2.24, 2.45) is 0 Å². The van der Waals surface area contributed by atoms with E-state index in [2.05, 4.69) is 22.1 Å². The Morgan fingerprint density at radius 2 is 2.42 bits per heavy atom. The first-order chi connectivity index (χ1) is 8.84. The summed E-state index contributed by atoms with van der Waals surface area (Å²) in [6.45, 7) is 1.93. The molecule has 3 rings (SSSR count). The molecule has 0 aromatic carbocycles. The topological polar surface area (TPSA) is 50.4 Å². The van der Waals surface area contributed by atoms with Crippen LogP contribution in [0.4, 0.5) is 0 Å². The molecule has 0 bridgehead atoms. The van der Waals surface area contributed by atoms with Crippen LogP contribution >= 0.6 is 23.7 Å². The van der Waals surface area contributed by atoms with Crippen molar-refractivity contribution in [1.82, 2.24) is 10.6 Å². The number of morpholine rings is 1. The van der Waals surface area contributed by atoms with Crippen LogP contribution in [0.1, 0.15) is 29.3 Å². The van der Waals surface area contributed by atoms with Gasteiger partial charge in [-0.2, -0.15) is 0 Å². The zero-order valence-corrected chi connectivity index (χ0v) is 12.3. The monoisotopic (exact) mass is 302 g/mol. The number of hydrogen-bond donors (Lipinski definition) is 2. The molecule has 2 unspecified atom stereocenters. The van der Waals surface area contributed by atoms with Gasteiger partial charge in [0.05, 0.1) is 19.3 Å². The third-order valence-electron chi connectivity index (χ3n) is 3.61. The van der Waals surface area contributed by atoms with Crippen LogP contribution < -0.4 is 10.6 Å². The molecule has 106 valence electrons. The van der Waals surface area contributed by atoms with Crippen molar-refractivity contribution in [3.05, 3.63) is 21.9 Å². The van der Waals surface area contributed by atoms with E-state index in [1.807, 2.05) is 0 Å². The number of carbonyl (C=O) groups is 1. The van der Waals surface area contributed by atoms with E-state index in [1.54, 1.807) is 11.3 Å². The van der Waals surface area contributed by atoms with Gasteiger partial charge in [0.1, 0.15) is 6.04 Å². The molecule has 2 atom stereocenters. The lowest BCUT2D eigenvalue weighted by atomic mass is 9.94. The third kappa shape index (κ3) is 3.28. The maximum Gasteiger partial charge on any atom is 0.240 e. The SMILES string of the molecule is Cl.O=C(NC1CCCc2sccc21)C1COCCN1. The lowest BCUT2D eigenvalue weighted by Gasteiger charge is -2.28. The van der Waals surface area contributed by atoms with E-state index in [9.17, 15) is 4.79 Å². The molecule has 1 aromatic heterocycles. The van der Waals surface area contributed by atoms with Gasteiger partial charge in [-0.3, -0.25) is 4.79 Å². The van der Waals surface area contributed by atoms with E-state index in [0.29, 0.717) is 13.2 Å². The summed E-state index contributed by atoms with van der Waals surface area (Å²) in [5.41, 5.74) is 1.32. The molecule has 1 aromatic rings. The molecule has 2 heterocycles. The highest BCUT2D eigenvalue weighted by atomic mass is 35.5. The largest absolute Gasteiger partial charge is 0.378 e. The molecule has 1 amide bonds. The number of rotatable bonds is 2. The maximum absolute atomic E-state index is 12.1. The Morgan fingerprint density at radius 3 is 3.21 bits per heavy atom. The minimum absolute atomic E-state index is 0. The first kappa shape index (κ1) is 14.8. The molecule has 19 heavy (non-hydrogen) atoms. The van der Waals surface area contributed by atoms with E-state index < -0.39 is 0 Å². The fourth-order valence-electron chi connectivity index (χ4n) is 2.64. The van der Waals surface area contributed by atoms with E-state index in [1.165, 1.54) is 10.4 Å². The van der Waals surface area contributed by atoms with Gasteiger partial charge in [0.15, 0.2) is 0 Å². The number of ether oxygens (including phenoxy) is 1. The Morgan fingerprint density at radius 1 is 1.53 bits per heavy atom. The number of amides is 1. The Bertz CT molecular complexity index is 432. The summed E-state index contributed by atoms with van der Waals surface area (Å²) < 4.78 is 5.33. The molecule has 0 saturated carbocycles. The van der Waals surface area contributed by atoms with Crippen LogP contribution in [0.25, 0.3) is 0 Å². The molecule has 0 radical (unpaired) electrons. The number of thiophene rings is 1. The smallest absolute Gasteiger partial charge is 0.240 e. The summed E-state index contributed by atoms with van der Waals surface area (Å²) in [4.78, 5) is 13.6. The van der Waals surface area contributed by atoms with Gasteiger partial charge in [0.2, 0.25) is 5.91 Å². The molecule has 6 heteroatoms. The Hall–Kier alpha value is -0.620. The molecular weight excluding hydrogens is 284 g/mol. The van der Waals surface area contributed by atoms with Crippen LogP contribution in [-0.2, 0) is 16.0 Å². The summed E-state index contributed by atoms with van der Waals surface area (Å²) in [6.07, 6.45) is 3.36. The van der Waals surface area contributed by atoms with Crippen LogP contribution in [0, 0.1) is 0 Å². The van der Waals surface area contributed by atoms with E-state index >= 15 is 0 Å². The summed E-state index contributed by atoms with van der Waals surface area (Å²) in [5.74, 6) is 0.0683. The normalized spacial score (nSPS) is 26.1. The van der Waals surface area contributed by atoms with Crippen molar-refractivity contribution < 1.29 is 9.53 Å². The second-order valence-electron chi connectivity index (χ2n) is 4.83. The van der Waals surface area contributed by atoms with Gasteiger partial charge < -0.3 is 15.4 Å². The first-order valence-corrected chi connectivity index (χ1v) is 7.40. The lowest BCUT2D eigenvalue weighted by Crippen LogP contribution is -2.52. The standard InChI is InChI=1S/C13H18N2O2S.ClH/c16-13(11-8-17-6-5-14-11)15-10-2-1-3-12-9(10)4-7-18-12;/h4,7,10-11,14H,1-3,5-6,8H2,(H,15,16);1H. The van der Waals surface area contributed by atoms with E-state index in [-0.39, 0.29) is 30.4 Å². The second-order valence-corrected chi connectivity index (χ2v) is 5.83. The molecular formula is C13H19ClN2O2S. The predicted molar refractivity (Wildman–Crippen MR) is 78.0 cm³/mol. The average Bonchev–Trinajstić information content (AvgIpc) is 2.89. The Balaban J connectivity index is 0.00000133. The molecule has 1 saturated heterocycles. The number of aryl methyl sites for hydroxylation is 1. The quantitative estimate of drug-likeness (QED) is 0.873. The minimum atomic E-state index is -0.192. The van der Waals surface area contributed by atoms with Gasteiger partial charge in [0.25, 0.3) is 0 Å². The molecule has 1 aliphatic carbocycles. The van der Waals surface area contributed by atoms with E-state index in [0.717, 1.165) is 25.8 Å². The van der Waals surface area contributed by atoms with Crippen molar-refractivity contribution in [2.75, 3.05) is 19.8 Å². The van der Waals surface area contributed by atoms with Gasteiger partial charge in [-0.1, -0.05) is 0 Å². The highest BCUT2D eigenvalue weighted by Gasteiger charge is 2.27. The number of halogens is 1. The number of nitrogens with one attached hydrogen (secondary N) is 2. The van der Waals surface area contributed by atoms with Crippen molar-refractivity contribution in [2.45, 2.75) is 31.3 Å². The van der Waals surface area contributed by atoms with Crippen LogP contribution in [0.5, 0.6) is 0 Å². The summed E-state index contributed by atoms with van der Waals surface area (Å²) in [7, 11) is 0. The van der Waals surface area contributed by atoms with Gasteiger partial charge >= 0.3 is 0 Å². The fraction of sp³-hybridized carbons (Fsp3) is 0.615. The Kier molecular flexibility index (Phi) is 5.21. The second kappa shape index (κ2) is 6.70. The minimum Gasteiger partial charge on any atom is -0.378 e. The van der Waals surface area contributed by atoms with Crippen LogP contribution in [0.2, 0.25) is 0 Å². The highest BCUT2D eigenvalue weighted by molar-refractivity contribution is 7.10. The average molecular weight is 303 g/mol. The maximum atomic E-state index is 12.1. The molecule has 2 N–H and O–H groups in total. The van der Waals surface area contributed by atoms with Crippen molar-refractivity contribution in [3.8, 4) is 0 Å². The van der Waals surface area contributed by atoms with Gasteiger partial charge in [0, 0.05) is 11.4 Å². The summed E-state index contributed by atoms with van der Waals surface area (Å²) in [6, 6.07) is 2.15. The molecule has 1 fully saturated rings. The van der Waals surface area contributed by atoms with Crippen molar-refractivity contribution in [1.29, 1.82) is 0 Å². The molecule has 2 aliphatic rings. The summed E-state index contributed by atoms with van der Waals surface area (Å²) in [5, 5.41) is 8.47. The molecule has 0 spiro atoms. The lowest BCUT2D eigenvalue weighted by molar-refractivity contribution is -0.126. The van der Waals surface area contributed by atoms with Crippen molar-refractivity contribution in [3.63, 3.8) is 0 Å². The zero-order chi connectivity index (χ0) is 12.4. The van der Waals surface area contributed by atoms with Gasteiger partial charge in [-0.05, 0) is 36.3 Å². The van der Waals surface area contributed by atoms with Crippen LogP contribution in [-0.4, -0.2) is 31.7 Å². The highest BCUT2D eigenvalue weighted by Crippen LogP contribution is 2.33. The predicted octanol–water partition coefficient (Wildman–Crippen LogP) is 1.65. The van der Waals surface area contributed by atoms with E-state index in [4.69, 9.17) is 4.74 Å².